The molecular weight excluding hydrogens is 342 g/mol. The predicted octanol–water partition coefficient (Wildman–Crippen LogP) is 3.39. The fourth-order valence-corrected chi connectivity index (χ4v) is 3.08. The minimum atomic E-state index is -3.58. The Morgan fingerprint density at radius 2 is 1.85 bits per heavy atom. The summed E-state index contributed by atoms with van der Waals surface area (Å²) >= 11 is 3.32. The summed E-state index contributed by atoms with van der Waals surface area (Å²) in [5, 5.41) is 0.691. The molecule has 4 nitrogen and oxygen atoms in total. The molecule has 0 saturated heterocycles. The molecule has 106 valence electrons. The van der Waals surface area contributed by atoms with Crippen LogP contribution in [0.1, 0.15) is 5.56 Å². The van der Waals surface area contributed by atoms with Crippen LogP contribution in [0.3, 0.4) is 0 Å². The first-order valence-corrected chi connectivity index (χ1v) is 8.47. The van der Waals surface area contributed by atoms with Gasteiger partial charge in [-0.3, -0.25) is 4.72 Å². The normalized spacial score (nSPS) is 11.1. The van der Waals surface area contributed by atoms with Crippen LogP contribution in [0.2, 0.25) is 0 Å². The molecule has 0 aliphatic heterocycles. The van der Waals surface area contributed by atoms with Gasteiger partial charge in [0.1, 0.15) is 5.75 Å². The summed E-state index contributed by atoms with van der Waals surface area (Å²) in [5.41, 5.74) is 1.49. The molecule has 6 heteroatoms. The van der Waals surface area contributed by atoms with E-state index in [9.17, 15) is 8.42 Å². The van der Waals surface area contributed by atoms with Crippen LogP contribution in [-0.4, -0.2) is 15.5 Å². The van der Waals surface area contributed by atoms with Crippen molar-refractivity contribution in [3.8, 4) is 5.75 Å². The van der Waals surface area contributed by atoms with Crippen molar-refractivity contribution >= 4 is 31.6 Å². The molecular formula is C14H14BrNO3S. The van der Waals surface area contributed by atoms with E-state index in [4.69, 9.17) is 4.74 Å². The van der Waals surface area contributed by atoms with E-state index < -0.39 is 10.0 Å². The summed E-state index contributed by atoms with van der Waals surface area (Å²) in [6.45, 7) is 0. The molecule has 0 fully saturated rings. The second kappa shape index (κ2) is 6.28. The Kier molecular flexibility index (Phi) is 4.67. The van der Waals surface area contributed by atoms with Crippen molar-refractivity contribution in [3.63, 3.8) is 0 Å². The first kappa shape index (κ1) is 14.9. The zero-order valence-electron chi connectivity index (χ0n) is 10.8. The molecule has 0 spiro atoms. The summed E-state index contributed by atoms with van der Waals surface area (Å²) in [4.78, 5) is 0.227. The van der Waals surface area contributed by atoms with Gasteiger partial charge < -0.3 is 4.74 Å². The Balaban J connectivity index is 2.25. The number of hydrogen-bond acceptors (Lipinski definition) is 3. The number of ether oxygens (including phenoxy) is 1. The van der Waals surface area contributed by atoms with Gasteiger partial charge in [-0.15, -0.1) is 0 Å². The van der Waals surface area contributed by atoms with E-state index in [2.05, 4.69) is 20.7 Å². The molecule has 2 aromatic carbocycles. The highest BCUT2D eigenvalue weighted by Gasteiger charge is 2.14. The molecule has 2 aromatic rings. The average molecular weight is 356 g/mol. The summed E-state index contributed by atoms with van der Waals surface area (Å²) < 4.78 is 32.1. The van der Waals surface area contributed by atoms with E-state index in [0.29, 0.717) is 16.8 Å². The summed E-state index contributed by atoms with van der Waals surface area (Å²) in [7, 11) is -2.05. The van der Waals surface area contributed by atoms with Crippen molar-refractivity contribution < 1.29 is 13.2 Å². The molecule has 0 amide bonds. The van der Waals surface area contributed by atoms with Gasteiger partial charge >= 0.3 is 0 Å². The Labute approximate surface area is 127 Å². The molecule has 0 saturated carbocycles. The number of sulfonamides is 1. The fraction of sp³-hybridized carbons (Fsp3) is 0.143. The summed E-state index contributed by atoms with van der Waals surface area (Å²) in [6.07, 6.45) is 0. The molecule has 20 heavy (non-hydrogen) atoms. The Morgan fingerprint density at radius 3 is 2.45 bits per heavy atom. The van der Waals surface area contributed by atoms with Crippen molar-refractivity contribution in [1.82, 2.24) is 0 Å². The van der Waals surface area contributed by atoms with Crippen LogP contribution in [0.4, 0.5) is 5.69 Å². The van der Waals surface area contributed by atoms with Gasteiger partial charge in [-0.25, -0.2) is 8.42 Å². The van der Waals surface area contributed by atoms with Gasteiger partial charge in [-0.1, -0.05) is 34.1 Å². The number of hydrogen-bond donors (Lipinski definition) is 1. The quantitative estimate of drug-likeness (QED) is 0.836. The van der Waals surface area contributed by atoms with Crippen LogP contribution < -0.4 is 9.46 Å². The topological polar surface area (TPSA) is 55.4 Å². The fourth-order valence-electron chi connectivity index (χ4n) is 1.66. The van der Waals surface area contributed by atoms with E-state index in [1.807, 2.05) is 0 Å². The molecule has 0 aromatic heterocycles. The molecule has 0 aliphatic carbocycles. The lowest BCUT2D eigenvalue weighted by atomic mass is 10.2. The summed E-state index contributed by atoms with van der Waals surface area (Å²) in [5.74, 6) is 0.597. The second-order valence-corrected chi connectivity index (χ2v) is 6.36. The monoisotopic (exact) mass is 355 g/mol. The molecule has 1 N–H and O–H groups in total. The van der Waals surface area contributed by atoms with E-state index >= 15 is 0 Å². The summed E-state index contributed by atoms with van der Waals surface area (Å²) in [6, 6.07) is 13.5. The standard InChI is InChI=1S/C14H14BrNO3S/c1-19-13-4-2-3-12(9-13)16-20(17,18)14-7-5-11(10-15)6-8-14/h2-9,16H,10H2,1H3. The van der Waals surface area contributed by atoms with E-state index in [0.717, 1.165) is 5.56 Å². The van der Waals surface area contributed by atoms with Crippen molar-refractivity contribution in [2.24, 2.45) is 0 Å². The molecule has 0 unspecified atom stereocenters. The number of rotatable bonds is 5. The third kappa shape index (κ3) is 3.52. The highest BCUT2D eigenvalue weighted by molar-refractivity contribution is 9.08. The average Bonchev–Trinajstić information content (AvgIpc) is 2.47. The van der Waals surface area contributed by atoms with E-state index in [1.165, 1.54) is 7.11 Å². The number of nitrogens with one attached hydrogen (secondary N) is 1. The highest BCUT2D eigenvalue weighted by Crippen LogP contribution is 2.21. The number of alkyl halides is 1. The first-order valence-electron chi connectivity index (χ1n) is 5.87. The lowest BCUT2D eigenvalue weighted by Crippen LogP contribution is -2.12. The van der Waals surface area contributed by atoms with E-state index in [-0.39, 0.29) is 4.90 Å². The minimum absolute atomic E-state index is 0.227. The van der Waals surface area contributed by atoms with Crippen LogP contribution in [0.5, 0.6) is 5.75 Å². The highest BCUT2D eigenvalue weighted by atomic mass is 79.9. The second-order valence-electron chi connectivity index (χ2n) is 4.12. The lowest BCUT2D eigenvalue weighted by molar-refractivity contribution is 0.415. The number of halogens is 1. The van der Waals surface area contributed by atoms with Crippen LogP contribution >= 0.6 is 15.9 Å². The van der Waals surface area contributed by atoms with Gasteiger partial charge in [0, 0.05) is 11.4 Å². The number of methoxy groups -OCH3 is 1. The van der Waals surface area contributed by atoms with Crippen molar-refractivity contribution in [3.05, 3.63) is 54.1 Å². The third-order valence-electron chi connectivity index (χ3n) is 2.71. The number of anilines is 1. The lowest BCUT2D eigenvalue weighted by Gasteiger charge is -2.09. The third-order valence-corrected chi connectivity index (χ3v) is 4.75. The Hall–Kier alpha value is -1.53. The molecule has 0 bridgehead atoms. The molecule has 0 aliphatic rings. The first-order chi connectivity index (χ1) is 9.55. The maximum Gasteiger partial charge on any atom is 0.261 e. The number of benzene rings is 2. The Morgan fingerprint density at radius 1 is 1.15 bits per heavy atom. The molecule has 0 radical (unpaired) electrons. The predicted molar refractivity (Wildman–Crippen MR) is 82.9 cm³/mol. The van der Waals surface area contributed by atoms with Gasteiger partial charge in [0.15, 0.2) is 0 Å². The van der Waals surface area contributed by atoms with Gasteiger partial charge in [0.2, 0.25) is 0 Å². The largest absolute Gasteiger partial charge is 0.497 e. The SMILES string of the molecule is COc1cccc(NS(=O)(=O)c2ccc(CBr)cc2)c1. The molecule has 2 rings (SSSR count). The van der Waals surface area contributed by atoms with Crippen molar-refractivity contribution in [1.29, 1.82) is 0 Å². The maximum atomic E-state index is 12.2. The van der Waals surface area contributed by atoms with Gasteiger partial charge in [0.05, 0.1) is 17.7 Å². The van der Waals surface area contributed by atoms with Gasteiger partial charge in [-0.2, -0.15) is 0 Å². The zero-order chi connectivity index (χ0) is 14.6. The van der Waals surface area contributed by atoms with Crippen LogP contribution in [0.25, 0.3) is 0 Å². The maximum absolute atomic E-state index is 12.2. The van der Waals surface area contributed by atoms with Crippen molar-refractivity contribution in [2.75, 3.05) is 11.8 Å². The van der Waals surface area contributed by atoms with Gasteiger partial charge in [0.25, 0.3) is 10.0 Å². The van der Waals surface area contributed by atoms with Crippen molar-refractivity contribution in [2.45, 2.75) is 10.2 Å². The molecule has 0 heterocycles. The molecule has 0 atom stereocenters. The smallest absolute Gasteiger partial charge is 0.261 e. The Bertz CT molecular complexity index is 684. The van der Waals surface area contributed by atoms with Crippen LogP contribution in [0.15, 0.2) is 53.4 Å². The van der Waals surface area contributed by atoms with E-state index in [1.54, 1.807) is 48.5 Å². The zero-order valence-corrected chi connectivity index (χ0v) is 13.2. The van der Waals surface area contributed by atoms with Crippen LogP contribution in [0, 0.1) is 0 Å². The van der Waals surface area contributed by atoms with Crippen LogP contribution in [-0.2, 0) is 15.4 Å². The minimum Gasteiger partial charge on any atom is -0.497 e. The van der Waals surface area contributed by atoms with Gasteiger partial charge in [-0.05, 0) is 29.8 Å².